The minimum atomic E-state index is -0.406. The van der Waals surface area contributed by atoms with Crippen molar-refractivity contribution in [1.82, 2.24) is 14.7 Å². The van der Waals surface area contributed by atoms with Gasteiger partial charge in [-0.3, -0.25) is 24.3 Å². The van der Waals surface area contributed by atoms with E-state index >= 15 is 0 Å². The Morgan fingerprint density at radius 3 is 1.97 bits per heavy atom. The normalized spacial score (nSPS) is 17.8. The van der Waals surface area contributed by atoms with Gasteiger partial charge in [-0.2, -0.15) is 0 Å². The van der Waals surface area contributed by atoms with E-state index in [1.54, 1.807) is 0 Å². The van der Waals surface area contributed by atoms with Gasteiger partial charge in [0.1, 0.15) is 5.70 Å². The zero-order chi connectivity index (χ0) is 21.6. The average molecular weight is 421 g/mol. The van der Waals surface area contributed by atoms with Crippen molar-refractivity contribution >= 4 is 17.5 Å². The van der Waals surface area contributed by atoms with E-state index in [2.05, 4.69) is 45.4 Å². The first-order valence-corrected chi connectivity index (χ1v) is 10.7. The van der Waals surface area contributed by atoms with Gasteiger partial charge in [-0.15, -0.1) is 0 Å². The molecule has 0 aromatic heterocycles. The predicted octanol–water partition coefficient (Wildman–Crippen LogP) is 1.66. The molecule has 0 bridgehead atoms. The topological polar surface area (TPSA) is 76.1 Å². The van der Waals surface area contributed by atoms with Crippen LogP contribution >= 0.6 is 0 Å². The third-order valence-corrected chi connectivity index (χ3v) is 5.69. The summed E-state index contributed by atoms with van der Waals surface area (Å²) in [6, 6.07) is 18.5. The third kappa shape index (κ3) is 5.38. The molecule has 1 saturated heterocycles. The molecule has 4 rings (SSSR count). The van der Waals surface area contributed by atoms with Gasteiger partial charge in [0, 0.05) is 51.0 Å². The minimum Gasteiger partial charge on any atom is -0.395 e. The van der Waals surface area contributed by atoms with Crippen LogP contribution in [0.2, 0.25) is 0 Å². The summed E-state index contributed by atoms with van der Waals surface area (Å²) in [5.74, 6) is -0.805. The van der Waals surface area contributed by atoms with E-state index in [1.165, 1.54) is 17.2 Å². The van der Waals surface area contributed by atoms with Crippen LogP contribution in [0, 0.1) is 0 Å². The number of β-amino-alcohol motifs (C(OH)–C–C–N with tert-alkyl or cyclic N) is 1. The van der Waals surface area contributed by atoms with Gasteiger partial charge in [0.2, 0.25) is 0 Å². The minimum absolute atomic E-state index is 0.0108. The maximum absolute atomic E-state index is 12.2. The maximum atomic E-state index is 12.2. The molecule has 0 aliphatic carbocycles. The van der Waals surface area contributed by atoms with E-state index in [0.717, 1.165) is 49.9 Å². The largest absolute Gasteiger partial charge is 0.395 e. The molecular formula is C24H28N4O3. The van der Waals surface area contributed by atoms with E-state index in [0.29, 0.717) is 0 Å². The molecule has 0 saturated carbocycles. The molecule has 2 aromatic carbocycles. The number of aliphatic hydroxyl groups excluding tert-OH is 1. The smallest absolute Gasteiger partial charge is 0.277 e. The predicted molar refractivity (Wildman–Crippen MR) is 119 cm³/mol. The summed E-state index contributed by atoms with van der Waals surface area (Å²) in [6.07, 6.45) is 1.28. The number of carbonyl (C=O) groups is 2. The van der Waals surface area contributed by atoms with Crippen LogP contribution in [0.4, 0.5) is 5.69 Å². The second-order valence-corrected chi connectivity index (χ2v) is 7.94. The van der Waals surface area contributed by atoms with Gasteiger partial charge in [-0.1, -0.05) is 42.5 Å². The first-order valence-electron chi connectivity index (χ1n) is 10.7. The summed E-state index contributed by atoms with van der Waals surface area (Å²) in [5, 5.41) is 12.0. The Balaban J connectivity index is 1.25. The van der Waals surface area contributed by atoms with Crippen LogP contribution < -0.4 is 5.32 Å². The van der Waals surface area contributed by atoms with Crippen LogP contribution in [-0.4, -0.2) is 71.0 Å². The number of nitrogens with zero attached hydrogens (tertiary/aromatic N) is 3. The molecule has 0 radical (unpaired) electrons. The first kappa shape index (κ1) is 21.2. The van der Waals surface area contributed by atoms with Crippen molar-refractivity contribution in [2.75, 3.05) is 44.6 Å². The second kappa shape index (κ2) is 9.87. The highest BCUT2D eigenvalue weighted by Crippen LogP contribution is 2.19. The Morgan fingerprint density at radius 1 is 0.806 bits per heavy atom. The molecule has 2 aliphatic heterocycles. The van der Waals surface area contributed by atoms with Crippen molar-refractivity contribution in [1.29, 1.82) is 0 Å². The highest BCUT2D eigenvalue weighted by molar-refractivity contribution is 6.17. The Morgan fingerprint density at radius 2 is 1.39 bits per heavy atom. The lowest BCUT2D eigenvalue weighted by molar-refractivity contribution is -0.137. The van der Waals surface area contributed by atoms with Crippen LogP contribution in [0.5, 0.6) is 0 Å². The van der Waals surface area contributed by atoms with Crippen LogP contribution in [0.3, 0.4) is 0 Å². The number of anilines is 1. The van der Waals surface area contributed by atoms with Gasteiger partial charge in [-0.05, 0) is 23.3 Å². The lowest BCUT2D eigenvalue weighted by atomic mass is 10.1. The van der Waals surface area contributed by atoms with Gasteiger partial charge >= 0.3 is 0 Å². The lowest BCUT2D eigenvalue weighted by Gasteiger charge is -2.34. The fourth-order valence-electron chi connectivity index (χ4n) is 3.96. The number of nitrogens with one attached hydrogen (secondary N) is 1. The number of carbonyl (C=O) groups excluding carboxylic acids is 2. The van der Waals surface area contributed by atoms with E-state index < -0.39 is 11.8 Å². The lowest BCUT2D eigenvalue weighted by Crippen LogP contribution is -2.45. The number of rotatable bonds is 8. The van der Waals surface area contributed by atoms with Crippen LogP contribution in [-0.2, 0) is 22.7 Å². The van der Waals surface area contributed by atoms with Crippen molar-refractivity contribution in [3.8, 4) is 0 Å². The fourth-order valence-corrected chi connectivity index (χ4v) is 3.96. The molecule has 162 valence electrons. The summed E-state index contributed by atoms with van der Waals surface area (Å²) in [4.78, 5) is 30.1. The standard InChI is InChI=1S/C24H28N4O3/c29-15-14-28-23(30)16-22(24(28)31)25-21-8-6-20(7-9-21)18-27-12-10-26(11-13-27)17-19-4-2-1-3-5-19/h1-9,16,25,29H,10-15,17-18H2. The quantitative estimate of drug-likeness (QED) is 0.633. The number of amides is 2. The molecule has 0 atom stereocenters. The highest BCUT2D eigenvalue weighted by atomic mass is 16.3. The van der Waals surface area contributed by atoms with Crippen molar-refractivity contribution in [2.24, 2.45) is 0 Å². The van der Waals surface area contributed by atoms with Gasteiger partial charge in [0.05, 0.1) is 13.2 Å². The molecular weight excluding hydrogens is 392 g/mol. The van der Waals surface area contributed by atoms with Crippen molar-refractivity contribution < 1.29 is 14.7 Å². The molecule has 2 amide bonds. The van der Waals surface area contributed by atoms with Crippen molar-refractivity contribution in [2.45, 2.75) is 13.1 Å². The Hall–Kier alpha value is -3.00. The number of hydrogen-bond acceptors (Lipinski definition) is 6. The van der Waals surface area contributed by atoms with Gasteiger partial charge in [-0.25, -0.2) is 0 Å². The molecule has 2 aromatic rings. The number of hydrogen-bond donors (Lipinski definition) is 2. The van der Waals surface area contributed by atoms with E-state index in [4.69, 9.17) is 5.11 Å². The number of aliphatic hydroxyl groups is 1. The van der Waals surface area contributed by atoms with E-state index in [9.17, 15) is 9.59 Å². The summed E-state index contributed by atoms with van der Waals surface area (Å²) >= 11 is 0. The SMILES string of the molecule is O=C1C=C(Nc2ccc(CN3CCN(Cc4ccccc4)CC3)cc2)C(=O)N1CCO. The fraction of sp³-hybridized carbons (Fsp3) is 0.333. The zero-order valence-corrected chi connectivity index (χ0v) is 17.5. The van der Waals surface area contributed by atoms with Crippen molar-refractivity contribution in [3.63, 3.8) is 0 Å². The first-order chi connectivity index (χ1) is 15.1. The van der Waals surface area contributed by atoms with E-state index in [1.807, 2.05) is 24.3 Å². The third-order valence-electron chi connectivity index (χ3n) is 5.69. The van der Waals surface area contributed by atoms with Crippen molar-refractivity contribution in [3.05, 3.63) is 77.5 Å². The van der Waals surface area contributed by atoms with Crippen LogP contribution in [0.1, 0.15) is 11.1 Å². The van der Waals surface area contributed by atoms with Gasteiger partial charge in [0.15, 0.2) is 0 Å². The summed E-state index contributed by atoms with van der Waals surface area (Å²) in [6.45, 7) is 5.86. The monoisotopic (exact) mass is 420 g/mol. The molecule has 1 fully saturated rings. The molecule has 0 spiro atoms. The average Bonchev–Trinajstić information content (AvgIpc) is 3.05. The maximum Gasteiger partial charge on any atom is 0.277 e. The van der Waals surface area contributed by atoms with Crippen LogP contribution in [0.25, 0.3) is 0 Å². The Kier molecular flexibility index (Phi) is 6.76. The Bertz CT molecular complexity index is 935. The number of piperazine rings is 1. The van der Waals surface area contributed by atoms with Crippen LogP contribution in [0.15, 0.2) is 66.4 Å². The Labute approximate surface area is 182 Å². The second-order valence-electron chi connectivity index (χ2n) is 7.94. The summed E-state index contributed by atoms with van der Waals surface area (Å²) < 4.78 is 0. The number of benzene rings is 2. The zero-order valence-electron chi connectivity index (χ0n) is 17.5. The summed E-state index contributed by atoms with van der Waals surface area (Å²) in [5.41, 5.74) is 3.57. The highest BCUT2D eigenvalue weighted by Gasteiger charge is 2.30. The molecule has 2 heterocycles. The molecule has 7 nitrogen and oxygen atoms in total. The molecule has 0 unspecified atom stereocenters. The number of imide groups is 1. The molecule has 2 aliphatic rings. The van der Waals surface area contributed by atoms with Gasteiger partial charge < -0.3 is 10.4 Å². The van der Waals surface area contributed by atoms with Gasteiger partial charge in [0.25, 0.3) is 11.8 Å². The molecule has 7 heteroatoms. The summed E-state index contributed by atoms with van der Waals surface area (Å²) in [7, 11) is 0. The molecule has 2 N–H and O–H groups in total. The van der Waals surface area contributed by atoms with E-state index in [-0.39, 0.29) is 18.8 Å². The molecule has 31 heavy (non-hydrogen) atoms.